The van der Waals surface area contributed by atoms with Crippen molar-refractivity contribution in [2.45, 2.75) is 45.2 Å². The second-order valence-electron chi connectivity index (χ2n) is 8.00. The zero-order valence-electron chi connectivity index (χ0n) is 22.7. The topological polar surface area (TPSA) is 160 Å². The third kappa shape index (κ3) is 32.5. The van der Waals surface area contributed by atoms with Crippen molar-refractivity contribution in [1.82, 2.24) is 9.97 Å². The Morgan fingerprint density at radius 2 is 1.24 bits per heavy atom. The smallest absolute Gasteiger partial charge is 0.772 e. The number of sulfone groups is 1. The molecule has 0 saturated carbocycles. The third-order valence-electron chi connectivity index (χ3n) is 3.97. The molecule has 0 radical (unpaired) electrons. The van der Waals surface area contributed by atoms with Gasteiger partial charge in [-0.1, -0.05) is 50.1 Å². The van der Waals surface area contributed by atoms with Gasteiger partial charge in [-0.25, -0.2) is 31.9 Å². The first-order valence-electron chi connectivity index (χ1n) is 10.6. The van der Waals surface area contributed by atoms with E-state index < -0.39 is 30.9 Å². The Morgan fingerprint density at radius 3 is 1.58 bits per heavy atom. The van der Waals surface area contributed by atoms with Crippen LogP contribution in [0.2, 0.25) is 0 Å². The van der Waals surface area contributed by atoms with Gasteiger partial charge in [0.1, 0.15) is 0 Å². The monoisotopic (exact) mass is 661 g/mol. The number of nitrogens with two attached hydrogens (primary N) is 1. The number of hydrogen-bond donors (Lipinski definition) is 1. The molecule has 0 spiro atoms. The first-order valence-corrected chi connectivity index (χ1v) is 15.2. The summed E-state index contributed by atoms with van der Waals surface area (Å²) in [5.41, 5.74) is 0. The number of rotatable bonds is 13. The molecule has 1 aromatic heterocycles. The van der Waals surface area contributed by atoms with Crippen molar-refractivity contribution in [2.75, 3.05) is 17.3 Å². The molecule has 1 unspecified atom stereocenters. The number of allylic oxidation sites excluding steroid dienone is 3. The van der Waals surface area contributed by atoms with Gasteiger partial charge in [-0.05, 0) is 43.1 Å². The van der Waals surface area contributed by atoms with Crippen LogP contribution in [-0.2, 0) is 30.9 Å². The largest absolute Gasteiger partial charge is 1.00 e. The summed E-state index contributed by atoms with van der Waals surface area (Å²) in [5.74, 6) is 0.665. The molecule has 0 fully saturated rings. The van der Waals surface area contributed by atoms with Gasteiger partial charge in [-0.3, -0.25) is 4.21 Å². The number of sulfonamides is 1. The molecule has 0 bridgehead atoms. The second-order valence-corrected chi connectivity index (χ2v) is 12.5. The zero-order chi connectivity index (χ0) is 26.8. The van der Waals surface area contributed by atoms with Crippen LogP contribution in [0.25, 0.3) is 0 Å². The van der Waals surface area contributed by atoms with Crippen LogP contribution in [0.1, 0.15) is 40.0 Å². The molecule has 16 heteroatoms. The molecular formula is C22H44N3NaO6S6. The molecule has 9 nitrogen and oxygen atoms in total. The first kappa shape index (κ1) is 51.1. The van der Waals surface area contributed by atoms with Crippen molar-refractivity contribution >= 4 is 71.4 Å². The van der Waals surface area contributed by atoms with E-state index in [1.807, 2.05) is 20.8 Å². The van der Waals surface area contributed by atoms with E-state index in [1.165, 1.54) is 12.4 Å². The van der Waals surface area contributed by atoms with Crippen LogP contribution in [-0.4, -0.2) is 52.8 Å². The number of nitrogens with zero attached hydrogens (tertiary/aromatic N) is 2. The van der Waals surface area contributed by atoms with Gasteiger partial charge >= 0.3 is 29.6 Å². The van der Waals surface area contributed by atoms with E-state index in [1.54, 1.807) is 24.3 Å². The number of primary sulfonamides is 1. The summed E-state index contributed by atoms with van der Waals surface area (Å²) >= 11 is -1.89. The summed E-state index contributed by atoms with van der Waals surface area (Å²) < 4.78 is 64.5. The van der Waals surface area contributed by atoms with Gasteiger partial charge in [0, 0.05) is 18.1 Å². The van der Waals surface area contributed by atoms with Crippen LogP contribution in [0.4, 0.5) is 0 Å². The van der Waals surface area contributed by atoms with Gasteiger partial charge < -0.3 is 4.55 Å². The summed E-state index contributed by atoms with van der Waals surface area (Å²) in [6.45, 7) is 16.2. The van der Waals surface area contributed by atoms with E-state index in [0.29, 0.717) is 12.8 Å². The van der Waals surface area contributed by atoms with E-state index in [2.05, 4.69) is 29.7 Å². The maximum absolute atomic E-state index is 11.8. The van der Waals surface area contributed by atoms with E-state index in [4.69, 9.17) is 5.14 Å². The fourth-order valence-electron chi connectivity index (χ4n) is 2.58. The maximum atomic E-state index is 11.8. The van der Waals surface area contributed by atoms with Crippen molar-refractivity contribution in [3.05, 3.63) is 56.4 Å². The third-order valence-corrected chi connectivity index (χ3v) is 7.62. The summed E-state index contributed by atoms with van der Waals surface area (Å²) in [6.07, 6.45) is 10.1. The van der Waals surface area contributed by atoms with Gasteiger partial charge in [-0.15, -0.1) is 19.7 Å². The van der Waals surface area contributed by atoms with Gasteiger partial charge in [0.2, 0.25) is 25.0 Å². The van der Waals surface area contributed by atoms with Crippen molar-refractivity contribution < 1.29 is 55.2 Å². The molecule has 1 rings (SSSR count). The average Bonchev–Trinajstić information content (AvgIpc) is 2.68. The fraction of sp³-hybridized carbons (Fsp3) is 0.545. The molecule has 0 aliphatic rings. The number of aromatic nitrogens is 2. The Kier molecular flexibility index (Phi) is 38.8. The summed E-state index contributed by atoms with van der Waals surface area (Å²) in [7, 11) is -6.65. The van der Waals surface area contributed by atoms with Crippen LogP contribution >= 0.6 is 40.5 Å². The SMILES string of the molecule is C=CC[C@H](C)CS(=O)(=O)c1ncccn1.C=CC[C@H](C)CS(=O)[O-].C=CC[C@H](C)CS(N)(=O)=O.S.S.S.[Na+]. The van der Waals surface area contributed by atoms with E-state index in [9.17, 15) is 25.6 Å². The Hall–Kier alpha value is 0.320. The predicted molar refractivity (Wildman–Crippen MR) is 169 cm³/mol. The van der Waals surface area contributed by atoms with Crippen LogP contribution in [0, 0.1) is 17.8 Å². The van der Waals surface area contributed by atoms with Crippen LogP contribution in [0.5, 0.6) is 0 Å². The van der Waals surface area contributed by atoms with Gasteiger partial charge in [0.05, 0.1) is 11.5 Å². The Bertz CT molecular complexity index is 967. The molecule has 2 N–H and O–H groups in total. The molecule has 0 amide bonds. The normalized spacial score (nSPS) is 13.1. The van der Waals surface area contributed by atoms with Crippen molar-refractivity contribution in [3.63, 3.8) is 0 Å². The summed E-state index contributed by atoms with van der Waals surface area (Å²) in [5, 5.41) is 4.71. The molecular weight excluding hydrogens is 618 g/mol. The first-order chi connectivity index (χ1) is 15.7. The van der Waals surface area contributed by atoms with Crippen molar-refractivity contribution in [3.8, 4) is 0 Å². The van der Waals surface area contributed by atoms with E-state index in [0.717, 1.165) is 6.42 Å². The zero-order valence-corrected chi connectivity index (χ0v) is 30.2. The van der Waals surface area contributed by atoms with E-state index >= 15 is 0 Å². The predicted octanol–water partition coefficient (Wildman–Crippen LogP) is 0.370. The molecule has 0 aliphatic heterocycles. The summed E-state index contributed by atoms with van der Waals surface area (Å²) in [4.78, 5) is 7.48. The molecule has 38 heavy (non-hydrogen) atoms. The molecule has 0 aromatic carbocycles. The second kappa shape index (κ2) is 28.8. The molecule has 0 saturated heterocycles. The standard InChI is InChI=1S/C10H14N2O2S.C6H13NO2S.C6H12O2S.Na.3H2S/c1-3-5-9(2)8-15(13,14)10-11-6-4-7-12-10;1-3-4-6(2)5-10(7,8)9;1-3-4-6(2)5-9(7)8;;;;/h3-4,6-7,9H,1,5,8H2,2H3;3,6H,1,4-5H2,2H3,(H2,7,8,9);3,6H,1,4-5H2,2H3,(H,7,8);;3*1H2/q;;;+1;;;/p-1/t9-;2*6-;;;;/m000..../s1. The molecule has 220 valence electrons. The molecule has 0 aliphatic carbocycles. The maximum Gasteiger partial charge on any atom is 1.00 e. The van der Waals surface area contributed by atoms with Crippen LogP contribution < -0.4 is 34.7 Å². The Balaban J connectivity index is -0.0000001000. The van der Waals surface area contributed by atoms with Gasteiger partial charge in [-0.2, -0.15) is 40.5 Å². The van der Waals surface area contributed by atoms with Crippen molar-refractivity contribution in [1.29, 1.82) is 0 Å². The van der Waals surface area contributed by atoms with Crippen LogP contribution in [0.15, 0.2) is 61.6 Å². The molecule has 1 heterocycles. The fourth-order valence-corrected chi connectivity index (χ4v) is 5.59. The Morgan fingerprint density at radius 1 is 0.868 bits per heavy atom. The van der Waals surface area contributed by atoms with E-state index in [-0.39, 0.29) is 110 Å². The quantitative estimate of drug-likeness (QED) is 0.137. The minimum Gasteiger partial charge on any atom is -0.772 e. The molecule has 4 atom stereocenters. The van der Waals surface area contributed by atoms with Crippen LogP contribution in [0.3, 0.4) is 0 Å². The van der Waals surface area contributed by atoms with Gasteiger partial charge in [0.15, 0.2) is 0 Å². The summed E-state index contributed by atoms with van der Waals surface area (Å²) in [6, 6.07) is 1.59. The molecule has 1 aromatic rings. The Labute approximate surface area is 275 Å². The minimum atomic E-state index is -3.35. The average molecular weight is 662 g/mol. The van der Waals surface area contributed by atoms with Gasteiger partial charge in [0.25, 0.3) is 0 Å². The minimum absolute atomic E-state index is 0. The van der Waals surface area contributed by atoms with Crippen molar-refractivity contribution in [2.24, 2.45) is 22.9 Å². The number of hydrogen-bond acceptors (Lipinski definition) is 8.